The molecule has 0 fully saturated rings. The third-order valence-corrected chi connectivity index (χ3v) is 3.34. The van der Waals surface area contributed by atoms with Gasteiger partial charge in [0, 0.05) is 0 Å². The van der Waals surface area contributed by atoms with Crippen LogP contribution >= 0.6 is 0 Å². The van der Waals surface area contributed by atoms with Gasteiger partial charge in [-0.05, 0) is 53.6 Å². The first-order chi connectivity index (χ1) is 9.01. The lowest BCUT2D eigenvalue weighted by Crippen LogP contribution is -2.01. The maximum Gasteiger partial charge on any atom is 0.122 e. The van der Waals surface area contributed by atoms with E-state index in [-0.39, 0.29) is 0 Å². The first-order valence-electron chi connectivity index (χ1n) is 7.09. The van der Waals surface area contributed by atoms with Gasteiger partial charge in [0.25, 0.3) is 0 Å². The van der Waals surface area contributed by atoms with Gasteiger partial charge in [0.2, 0.25) is 0 Å². The summed E-state index contributed by atoms with van der Waals surface area (Å²) in [5.74, 6) is 1.93. The number of hydrogen-bond donors (Lipinski definition) is 1. The molecule has 0 radical (unpaired) electrons. The second-order valence-corrected chi connectivity index (χ2v) is 5.50. The molecule has 0 aromatic heterocycles. The summed E-state index contributed by atoms with van der Waals surface area (Å²) >= 11 is 0. The first-order valence-corrected chi connectivity index (χ1v) is 7.09. The highest BCUT2D eigenvalue weighted by molar-refractivity contribution is 5.68. The van der Waals surface area contributed by atoms with E-state index in [9.17, 15) is 0 Å². The van der Waals surface area contributed by atoms with E-state index in [0.717, 1.165) is 12.2 Å². The van der Waals surface area contributed by atoms with Crippen molar-refractivity contribution in [2.45, 2.75) is 40.0 Å². The van der Waals surface area contributed by atoms with Gasteiger partial charge in [-0.3, -0.25) is 0 Å². The van der Waals surface area contributed by atoms with Crippen LogP contribution in [0.5, 0.6) is 5.75 Å². The summed E-state index contributed by atoms with van der Waals surface area (Å²) in [5, 5.41) is 0. The average Bonchev–Trinajstić information content (AvgIpc) is 2.38. The molecule has 1 aromatic rings. The van der Waals surface area contributed by atoms with Crippen molar-refractivity contribution in [2.75, 3.05) is 13.7 Å². The second kappa shape index (κ2) is 7.34. The second-order valence-electron chi connectivity index (χ2n) is 5.50. The lowest BCUT2D eigenvalue weighted by Gasteiger charge is -2.17. The minimum atomic E-state index is 0.456. The highest BCUT2D eigenvalue weighted by Gasteiger charge is 2.12. The SMILES string of the molecule is COc1ccc(/C(=C/CCN)C(C)C)cc1C(C)C. The number of hydrogen-bond acceptors (Lipinski definition) is 2. The number of rotatable bonds is 6. The fraction of sp³-hybridized carbons (Fsp3) is 0.529. The monoisotopic (exact) mass is 261 g/mol. The lowest BCUT2D eigenvalue weighted by molar-refractivity contribution is 0.407. The van der Waals surface area contributed by atoms with Gasteiger partial charge < -0.3 is 10.5 Å². The largest absolute Gasteiger partial charge is 0.496 e. The van der Waals surface area contributed by atoms with E-state index in [1.54, 1.807) is 7.11 Å². The summed E-state index contributed by atoms with van der Waals surface area (Å²) < 4.78 is 5.44. The summed E-state index contributed by atoms with van der Waals surface area (Å²) in [4.78, 5) is 0. The molecule has 0 saturated heterocycles. The Morgan fingerprint density at radius 1 is 1.26 bits per heavy atom. The molecule has 1 rings (SSSR count). The van der Waals surface area contributed by atoms with Crippen LogP contribution in [0.4, 0.5) is 0 Å². The number of ether oxygens (including phenoxy) is 1. The van der Waals surface area contributed by atoms with Crippen molar-refractivity contribution >= 4 is 5.57 Å². The van der Waals surface area contributed by atoms with Crippen LogP contribution in [0.15, 0.2) is 24.3 Å². The zero-order valence-electron chi connectivity index (χ0n) is 12.9. The number of nitrogens with two attached hydrogens (primary N) is 1. The third-order valence-electron chi connectivity index (χ3n) is 3.34. The fourth-order valence-corrected chi connectivity index (χ4v) is 2.29. The van der Waals surface area contributed by atoms with Crippen LogP contribution in [-0.2, 0) is 0 Å². The fourth-order valence-electron chi connectivity index (χ4n) is 2.29. The molecule has 0 aliphatic heterocycles. The van der Waals surface area contributed by atoms with Crippen molar-refractivity contribution in [1.82, 2.24) is 0 Å². The molecule has 106 valence electrons. The summed E-state index contributed by atoms with van der Waals surface area (Å²) in [7, 11) is 1.73. The Balaban J connectivity index is 3.22. The number of methoxy groups -OCH3 is 1. The zero-order chi connectivity index (χ0) is 14.4. The average molecular weight is 261 g/mol. The molecule has 2 heteroatoms. The van der Waals surface area contributed by atoms with Crippen molar-refractivity contribution in [3.05, 3.63) is 35.4 Å². The molecule has 19 heavy (non-hydrogen) atoms. The highest BCUT2D eigenvalue weighted by atomic mass is 16.5. The molecule has 0 aliphatic rings. The topological polar surface area (TPSA) is 35.2 Å². The molecule has 0 bridgehead atoms. The number of benzene rings is 1. The smallest absolute Gasteiger partial charge is 0.122 e. The Kier molecular flexibility index (Phi) is 6.10. The van der Waals surface area contributed by atoms with E-state index in [2.05, 4.69) is 52.0 Å². The van der Waals surface area contributed by atoms with Crippen molar-refractivity contribution in [2.24, 2.45) is 11.7 Å². The molecular weight excluding hydrogens is 234 g/mol. The van der Waals surface area contributed by atoms with Crippen molar-refractivity contribution < 1.29 is 4.74 Å². The summed E-state index contributed by atoms with van der Waals surface area (Å²) in [6, 6.07) is 6.47. The van der Waals surface area contributed by atoms with Gasteiger partial charge in [-0.1, -0.05) is 39.8 Å². The van der Waals surface area contributed by atoms with E-state index < -0.39 is 0 Å². The van der Waals surface area contributed by atoms with E-state index in [0.29, 0.717) is 18.4 Å². The van der Waals surface area contributed by atoms with Gasteiger partial charge in [0.05, 0.1) is 7.11 Å². The predicted octanol–water partition coefficient (Wildman–Crippen LogP) is 4.21. The quantitative estimate of drug-likeness (QED) is 0.832. The molecule has 0 amide bonds. The van der Waals surface area contributed by atoms with Gasteiger partial charge >= 0.3 is 0 Å². The Hall–Kier alpha value is -1.28. The molecule has 0 atom stereocenters. The minimum Gasteiger partial charge on any atom is -0.496 e. The van der Waals surface area contributed by atoms with E-state index in [1.807, 2.05) is 0 Å². The van der Waals surface area contributed by atoms with Crippen LogP contribution in [0.25, 0.3) is 5.57 Å². The molecular formula is C17H27NO. The standard InChI is InChI=1S/C17H27NO/c1-12(2)15(7-6-10-18)14-8-9-17(19-5)16(11-14)13(3)4/h7-9,11-13H,6,10,18H2,1-5H3/b15-7+. The van der Waals surface area contributed by atoms with Gasteiger partial charge in [-0.15, -0.1) is 0 Å². The van der Waals surface area contributed by atoms with Crippen LogP contribution < -0.4 is 10.5 Å². The molecule has 0 spiro atoms. The van der Waals surface area contributed by atoms with Crippen LogP contribution in [-0.4, -0.2) is 13.7 Å². The molecule has 0 saturated carbocycles. The number of allylic oxidation sites excluding steroid dienone is 1. The Morgan fingerprint density at radius 2 is 1.95 bits per heavy atom. The van der Waals surface area contributed by atoms with Crippen LogP contribution in [0.2, 0.25) is 0 Å². The Morgan fingerprint density at radius 3 is 2.42 bits per heavy atom. The minimum absolute atomic E-state index is 0.456. The highest BCUT2D eigenvalue weighted by Crippen LogP contribution is 2.32. The van der Waals surface area contributed by atoms with Crippen molar-refractivity contribution in [3.8, 4) is 5.75 Å². The van der Waals surface area contributed by atoms with E-state index in [4.69, 9.17) is 10.5 Å². The summed E-state index contributed by atoms with van der Waals surface area (Å²) in [6.07, 6.45) is 3.19. The Labute approximate surface area is 117 Å². The first kappa shape index (κ1) is 15.8. The van der Waals surface area contributed by atoms with Crippen molar-refractivity contribution in [1.29, 1.82) is 0 Å². The summed E-state index contributed by atoms with van der Waals surface area (Å²) in [5.41, 5.74) is 9.53. The molecule has 2 N–H and O–H groups in total. The predicted molar refractivity (Wildman–Crippen MR) is 83.6 cm³/mol. The van der Waals surface area contributed by atoms with Crippen LogP contribution in [0.3, 0.4) is 0 Å². The zero-order valence-corrected chi connectivity index (χ0v) is 12.9. The normalized spacial score (nSPS) is 12.3. The molecule has 2 nitrogen and oxygen atoms in total. The van der Waals surface area contributed by atoms with E-state index in [1.165, 1.54) is 16.7 Å². The van der Waals surface area contributed by atoms with Gasteiger partial charge in [0.15, 0.2) is 0 Å². The van der Waals surface area contributed by atoms with Crippen LogP contribution in [0.1, 0.15) is 51.2 Å². The maximum atomic E-state index is 5.61. The molecule has 0 aliphatic carbocycles. The lowest BCUT2D eigenvalue weighted by atomic mass is 9.90. The molecule has 0 heterocycles. The van der Waals surface area contributed by atoms with Crippen molar-refractivity contribution in [3.63, 3.8) is 0 Å². The maximum absolute atomic E-state index is 5.61. The summed E-state index contributed by atoms with van der Waals surface area (Å²) in [6.45, 7) is 9.53. The van der Waals surface area contributed by atoms with Gasteiger partial charge in [-0.25, -0.2) is 0 Å². The van der Waals surface area contributed by atoms with Gasteiger partial charge in [-0.2, -0.15) is 0 Å². The molecule has 0 unspecified atom stereocenters. The molecule has 1 aromatic carbocycles. The van der Waals surface area contributed by atoms with E-state index >= 15 is 0 Å². The Bertz CT molecular complexity index is 433. The third kappa shape index (κ3) is 4.10. The van der Waals surface area contributed by atoms with Crippen LogP contribution in [0, 0.1) is 5.92 Å². The van der Waals surface area contributed by atoms with Gasteiger partial charge in [0.1, 0.15) is 5.75 Å².